The number of anilines is 2. The van der Waals surface area contributed by atoms with Gasteiger partial charge in [-0.15, -0.1) is 11.3 Å². The van der Waals surface area contributed by atoms with Crippen molar-refractivity contribution in [3.63, 3.8) is 0 Å². The van der Waals surface area contributed by atoms with Crippen molar-refractivity contribution in [1.82, 2.24) is 0 Å². The Labute approximate surface area is 239 Å². The van der Waals surface area contributed by atoms with E-state index in [-0.39, 0.29) is 18.1 Å². The molecule has 2 aromatic carbocycles. The number of benzene rings is 2. The molecule has 2 N–H and O–H groups in total. The maximum Gasteiger partial charge on any atom is 0.266 e. The molecule has 8 nitrogen and oxygen atoms in total. The monoisotopic (exact) mass is 604 g/mol. The number of halogens is 1. The second-order valence-corrected chi connectivity index (χ2v) is 10.6. The van der Waals surface area contributed by atoms with Crippen molar-refractivity contribution in [3.05, 3.63) is 74.1 Å². The van der Waals surface area contributed by atoms with Crippen molar-refractivity contribution in [2.75, 3.05) is 23.8 Å². The van der Waals surface area contributed by atoms with E-state index in [1.807, 2.05) is 31.2 Å². The van der Waals surface area contributed by atoms with Crippen LogP contribution in [0.3, 0.4) is 0 Å². The first-order valence-corrected chi connectivity index (χ1v) is 14.0. The van der Waals surface area contributed by atoms with Gasteiger partial charge in [0.25, 0.3) is 11.8 Å². The first-order chi connectivity index (χ1) is 18.9. The van der Waals surface area contributed by atoms with Crippen LogP contribution in [0.4, 0.5) is 10.7 Å². The highest BCUT2D eigenvalue weighted by atomic mass is 79.9. The quantitative estimate of drug-likeness (QED) is 0.220. The Kier molecular flexibility index (Phi) is 9.37. The molecule has 198 valence electrons. The van der Waals surface area contributed by atoms with Crippen LogP contribution in [0.1, 0.15) is 41.3 Å². The van der Waals surface area contributed by atoms with Crippen LogP contribution in [-0.2, 0) is 22.4 Å². The molecule has 10 heteroatoms. The van der Waals surface area contributed by atoms with Gasteiger partial charge < -0.3 is 20.1 Å². The highest BCUT2D eigenvalue weighted by molar-refractivity contribution is 9.10. The van der Waals surface area contributed by atoms with E-state index in [1.165, 1.54) is 17.4 Å². The predicted molar refractivity (Wildman–Crippen MR) is 154 cm³/mol. The highest BCUT2D eigenvalue weighted by Gasteiger charge is 2.23. The van der Waals surface area contributed by atoms with Crippen molar-refractivity contribution < 1.29 is 19.1 Å². The topological polar surface area (TPSA) is 124 Å². The zero-order valence-corrected chi connectivity index (χ0v) is 23.6. The second kappa shape index (κ2) is 13.1. The van der Waals surface area contributed by atoms with Gasteiger partial charge in [-0.3, -0.25) is 9.59 Å². The summed E-state index contributed by atoms with van der Waals surface area (Å²) >= 11 is 4.87. The van der Waals surface area contributed by atoms with Crippen molar-refractivity contribution >= 4 is 55.8 Å². The van der Waals surface area contributed by atoms with Crippen LogP contribution in [-0.4, -0.2) is 25.0 Å². The van der Waals surface area contributed by atoms with Gasteiger partial charge in [0.2, 0.25) is 0 Å². The Morgan fingerprint density at radius 1 is 1.08 bits per heavy atom. The number of hydrogen-bond acceptors (Lipinski definition) is 7. The number of hydrogen-bond donors (Lipinski definition) is 2. The molecule has 1 aromatic heterocycles. The summed E-state index contributed by atoms with van der Waals surface area (Å²) < 4.78 is 12.0. The van der Waals surface area contributed by atoms with Crippen molar-refractivity contribution in [2.45, 2.75) is 32.6 Å². The minimum absolute atomic E-state index is 0.135. The van der Waals surface area contributed by atoms with Crippen molar-refractivity contribution in [3.8, 4) is 23.6 Å². The van der Waals surface area contributed by atoms with E-state index in [0.717, 1.165) is 36.1 Å². The van der Waals surface area contributed by atoms with Crippen LogP contribution >= 0.6 is 27.3 Å². The van der Waals surface area contributed by atoms with Crippen LogP contribution in [0, 0.1) is 22.7 Å². The van der Waals surface area contributed by atoms with E-state index in [1.54, 1.807) is 24.3 Å². The molecule has 1 heterocycles. The molecule has 0 saturated heterocycles. The highest BCUT2D eigenvalue weighted by Crippen LogP contribution is 2.38. The molecule has 0 spiro atoms. The number of carbonyl (C=O) groups is 2. The summed E-state index contributed by atoms with van der Waals surface area (Å²) in [6.07, 6.45) is 5.22. The third kappa shape index (κ3) is 6.85. The Bertz CT molecular complexity index is 1500. The van der Waals surface area contributed by atoms with Gasteiger partial charge in [0.1, 0.15) is 22.7 Å². The molecular weight excluding hydrogens is 580 g/mol. The first-order valence-electron chi connectivity index (χ1n) is 12.3. The first kappa shape index (κ1) is 27.9. The Morgan fingerprint density at radius 3 is 2.54 bits per heavy atom. The summed E-state index contributed by atoms with van der Waals surface area (Å²) in [6, 6.07) is 16.5. The molecule has 2 amide bonds. The number of fused-ring (bicyclic) bond motifs is 1. The van der Waals surface area contributed by atoms with Crippen LogP contribution in [0.2, 0.25) is 0 Å². The van der Waals surface area contributed by atoms with Gasteiger partial charge in [-0.25, -0.2) is 0 Å². The maximum absolute atomic E-state index is 13.0. The smallest absolute Gasteiger partial charge is 0.266 e. The van der Waals surface area contributed by atoms with E-state index in [9.17, 15) is 20.1 Å². The van der Waals surface area contributed by atoms with Crippen molar-refractivity contribution in [2.24, 2.45) is 0 Å². The molecule has 0 saturated carbocycles. The number of carbonyl (C=O) groups excluding carboxylic acids is 2. The van der Waals surface area contributed by atoms with Gasteiger partial charge in [0.05, 0.1) is 12.2 Å². The number of ether oxygens (including phenoxy) is 2. The van der Waals surface area contributed by atoms with Crippen molar-refractivity contribution in [1.29, 1.82) is 10.5 Å². The minimum atomic E-state index is -0.602. The number of para-hydroxylation sites is 1. The molecule has 1 aliphatic rings. The van der Waals surface area contributed by atoms with Crippen LogP contribution in [0.25, 0.3) is 6.08 Å². The summed E-state index contributed by atoms with van der Waals surface area (Å²) in [4.78, 5) is 26.5. The van der Waals surface area contributed by atoms with Crippen LogP contribution in [0.5, 0.6) is 11.5 Å². The molecule has 0 fully saturated rings. The third-order valence-electron chi connectivity index (χ3n) is 5.95. The Morgan fingerprint density at radius 2 is 1.82 bits per heavy atom. The molecule has 4 rings (SSSR count). The average Bonchev–Trinajstić information content (AvgIpc) is 3.29. The zero-order valence-electron chi connectivity index (χ0n) is 21.2. The zero-order chi connectivity index (χ0) is 27.8. The predicted octanol–water partition coefficient (Wildman–Crippen LogP) is 6.22. The standard InChI is InChI=1S/C29H25BrN4O4S/c1-2-37-24-13-18(23(30)14-25(24)38-17-27(35)33-20-8-4-3-5-9-20)12-19(15-31)28(36)34-29-22(16-32)21-10-6-7-11-26(21)39-29/h3-5,8-9,12-14H,2,6-7,10-11,17H2,1H3,(H,33,35)(H,34,36)/b19-12+. The second-order valence-electron chi connectivity index (χ2n) is 8.61. The van der Waals surface area contributed by atoms with Gasteiger partial charge >= 0.3 is 0 Å². The minimum Gasteiger partial charge on any atom is -0.490 e. The number of thiophene rings is 1. The molecular formula is C29H25BrN4O4S. The molecule has 1 aliphatic carbocycles. The van der Waals surface area contributed by atoms with Gasteiger partial charge in [-0.05, 0) is 74.1 Å². The molecule has 0 unspecified atom stereocenters. The van der Waals surface area contributed by atoms with Crippen LogP contribution < -0.4 is 20.1 Å². The maximum atomic E-state index is 13.0. The van der Waals surface area contributed by atoms with Gasteiger partial charge in [-0.2, -0.15) is 10.5 Å². The summed E-state index contributed by atoms with van der Waals surface area (Å²) in [5.41, 5.74) is 2.52. The Balaban J connectivity index is 1.52. The van der Waals surface area contributed by atoms with Gasteiger partial charge in [-0.1, -0.05) is 34.1 Å². The fourth-order valence-electron chi connectivity index (χ4n) is 4.15. The van der Waals surface area contributed by atoms with Crippen LogP contribution in [0.15, 0.2) is 52.5 Å². The van der Waals surface area contributed by atoms with E-state index in [4.69, 9.17) is 9.47 Å². The molecule has 0 bridgehead atoms. The molecule has 0 atom stereocenters. The summed E-state index contributed by atoms with van der Waals surface area (Å²) in [6.45, 7) is 1.91. The molecule has 3 aromatic rings. The number of aryl methyl sites for hydroxylation is 1. The summed E-state index contributed by atoms with van der Waals surface area (Å²) in [7, 11) is 0. The average molecular weight is 606 g/mol. The fourth-order valence-corrected chi connectivity index (χ4v) is 5.82. The number of nitrogens with zero attached hydrogens (tertiary/aromatic N) is 2. The third-order valence-corrected chi connectivity index (χ3v) is 7.85. The number of rotatable bonds is 9. The lowest BCUT2D eigenvalue weighted by atomic mass is 9.96. The van der Waals surface area contributed by atoms with E-state index >= 15 is 0 Å². The summed E-state index contributed by atoms with van der Waals surface area (Å²) in [5, 5.41) is 25.4. The lowest BCUT2D eigenvalue weighted by Gasteiger charge is -2.14. The van der Waals surface area contributed by atoms with E-state index in [2.05, 4.69) is 32.6 Å². The van der Waals surface area contributed by atoms with Gasteiger partial charge in [0.15, 0.2) is 18.1 Å². The number of nitrogens with one attached hydrogen (secondary N) is 2. The Hall–Kier alpha value is -4.12. The lowest BCUT2D eigenvalue weighted by Crippen LogP contribution is -2.20. The normalized spacial score (nSPS) is 12.5. The number of nitriles is 2. The van der Waals surface area contributed by atoms with E-state index in [0.29, 0.717) is 44.4 Å². The number of amides is 2. The van der Waals surface area contributed by atoms with Gasteiger partial charge in [0, 0.05) is 15.0 Å². The largest absolute Gasteiger partial charge is 0.490 e. The molecule has 0 aliphatic heterocycles. The fraction of sp³-hybridized carbons (Fsp3) is 0.241. The lowest BCUT2D eigenvalue weighted by molar-refractivity contribution is -0.118. The molecule has 0 radical (unpaired) electrons. The molecule has 39 heavy (non-hydrogen) atoms. The summed E-state index contributed by atoms with van der Waals surface area (Å²) in [5.74, 6) is -0.251. The SMILES string of the molecule is CCOc1cc(/C=C(\C#N)C(=O)Nc2sc3c(c2C#N)CCCC3)c(Br)cc1OCC(=O)Nc1ccccc1. The van der Waals surface area contributed by atoms with E-state index < -0.39 is 5.91 Å².